The molecule has 0 bridgehead atoms. The van der Waals surface area contributed by atoms with Gasteiger partial charge in [-0.25, -0.2) is 0 Å². The van der Waals surface area contributed by atoms with Crippen molar-refractivity contribution in [3.63, 3.8) is 0 Å². The zero-order chi connectivity index (χ0) is 16.6. The van der Waals surface area contributed by atoms with Gasteiger partial charge in [0.1, 0.15) is 11.2 Å². The molecule has 0 radical (unpaired) electrons. The zero-order valence-corrected chi connectivity index (χ0v) is 15.6. The minimum absolute atomic E-state index is 0.0926. The summed E-state index contributed by atoms with van der Waals surface area (Å²) in [5.74, 6) is 0. The van der Waals surface area contributed by atoms with Gasteiger partial charge in [0.25, 0.3) is 0 Å². The van der Waals surface area contributed by atoms with Crippen molar-refractivity contribution in [1.82, 2.24) is 0 Å². The number of para-hydroxylation sites is 1. The Morgan fingerprint density at radius 3 is 2.62 bits per heavy atom. The van der Waals surface area contributed by atoms with Gasteiger partial charge in [-0.2, -0.15) is 0 Å². The molecule has 1 aliphatic carbocycles. The maximum atomic E-state index is 6.29. The molecule has 0 spiro atoms. The van der Waals surface area contributed by atoms with Crippen molar-refractivity contribution in [3.05, 3.63) is 69.2 Å². The van der Waals surface area contributed by atoms with Crippen molar-refractivity contribution < 1.29 is 4.42 Å². The van der Waals surface area contributed by atoms with Crippen LogP contribution in [0.3, 0.4) is 0 Å². The summed E-state index contributed by atoms with van der Waals surface area (Å²) in [4.78, 5) is 0. The predicted octanol–water partition coefficient (Wildman–Crippen LogP) is 7.31. The van der Waals surface area contributed by atoms with E-state index in [1.807, 2.05) is 18.2 Å². The Morgan fingerprint density at radius 2 is 1.79 bits per heavy atom. The second kappa shape index (κ2) is 4.65. The highest BCUT2D eigenvalue weighted by molar-refractivity contribution is 9.10. The molecular weight excluding hydrogens is 384 g/mol. The van der Waals surface area contributed by atoms with Crippen molar-refractivity contribution >= 4 is 49.5 Å². The predicted molar refractivity (Wildman–Crippen MR) is 104 cm³/mol. The first-order chi connectivity index (χ1) is 11.5. The van der Waals surface area contributed by atoms with Crippen LogP contribution in [0.1, 0.15) is 25.0 Å². The number of fused-ring (bicyclic) bond motifs is 7. The first-order valence-corrected chi connectivity index (χ1v) is 9.10. The molecule has 0 saturated heterocycles. The molecule has 0 amide bonds. The molecule has 1 aromatic heterocycles. The summed E-state index contributed by atoms with van der Waals surface area (Å²) in [6.07, 6.45) is 0. The normalized spacial score (nSPS) is 15.0. The minimum Gasteiger partial charge on any atom is -0.455 e. The molecule has 5 rings (SSSR count). The highest BCUT2D eigenvalue weighted by Gasteiger charge is 2.38. The SMILES string of the molecule is CC1(C)c2cc(Cl)ccc2-c2c1cc(Br)c1oc3ccccc3c21. The maximum absolute atomic E-state index is 6.29. The molecule has 3 heteroatoms. The Morgan fingerprint density at radius 1 is 1.00 bits per heavy atom. The van der Waals surface area contributed by atoms with E-state index < -0.39 is 0 Å². The Hall–Kier alpha value is -1.77. The van der Waals surface area contributed by atoms with Gasteiger partial charge in [0.15, 0.2) is 0 Å². The number of furan rings is 1. The lowest BCUT2D eigenvalue weighted by atomic mass is 9.82. The van der Waals surface area contributed by atoms with Crippen LogP contribution >= 0.6 is 27.5 Å². The molecule has 1 nitrogen and oxygen atoms in total. The smallest absolute Gasteiger partial charge is 0.150 e. The van der Waals surface area contributed by atoms with Gasteiger partial charge >= 0.3 is 0 Å². The second-order valence-corrected chi connectivity index (χ2v) is 8.19. The molecule has 118 valence electrons. The summed E-state index contributed by atoms with van der Waals surface area (Å²) in [5.41, 5.74) is 6.85. The highest BCUT2D eigenvalue weighted by Crippen LogP contribution is 2.54. The fraction of sp³-hybridized carbons (Fsp3) is 0.143. The largest absolute Gasteiger partial charge is 0.455 e. The molecular formula is C21H14BrClO. The van der Waals surface area contributed by atoms with E-state index in [0.717, 1.165) is 26.0 Å². The zero-order valence-electron chi connectivity index (χ0n) is 13.3. The molecule has 1 aliphatic rings. The van der Waals surface area contributed by atoms with Crippen LogP contribution in [-0.2, 0) is 5.41 Å². The first kappa shape index (κ1) is 14.6. The van der Waals surface area contributed by atoms with E-state index in [4.69, 9.17) is 16.0 Å². The lowest BCUT2D eigenvalue weighted by Crippen LogP contribution is -2.15. The van der Waals surface area contributed by atoms with E-state index in [0.29, 0.717) is 0 Å². The number of hydrogen-bond acceptors (Lipinski definition) is 1. The Kier molecular flexibility index (Phi) is 2.82. The van der Waals surface area contributed by atoms with Gasteiger partial charge in [-0.3, -0.25) is 0 Å². The number of rotatable bonds is 0. The van der Waals surface area contributed by atoms with Gasteiger partial charge in [0.05, 0.1) is 4.47 Å². The van der Waals surface area contributed by atoms with Gasteiger partial charge in [-0.15, -0.1) is 0 Å². The number of halogens is 2. The Bertz CT molecular complexity index is 1150. The average Bonchev–Trinajstić information content (AvgIpc) is 3.04. The van der Waals surface area contributed by atoms with Gasteiger partial charge < -0.3 is 4.42 Å². The lowest BCUT2D eigenvalue weighted by Gasteiger charge is -2.21. The quantitative estimate of drug-likeness (QED) is 0.303. The summed E-state index contributed by atoms with van der Waals surface area (Å²) in [6, 6.07) is 16.6. The topological polar surface area (TPSA) is 13.1 Å². The van der Waals surface area contributed by atoms with Crippen LogP contribution in [-0.4, -0.2) is 0 Å². The molecule has 0 fully saturated rings. The maximum Gasteiger partial charge on any atom is 0.150 e. The van der Waals surface area contributed by atoms with Gasteiger partial charge in [0.2, 0.25) is 0 Å². The van der Waals surface area contributed by atoms with E-state index in [9.17, 15) is 0 Å². The van der Waals surface area contributed by atoms with Gasteiger partial charge in [-0.05, 0) is 62.4 Å². The molecule has 0 saturated carbocycles. The highest BCUT2D eigenvalue weighted by atomic mass is 79.9. The van der Waals surface area contributed by atoms with Gasteiger partial charge in [-0.1, -0.05) is 49.7 Å². The van der Waals surface area contributed by atoms with E-state index in [2.05, 4.69) is 60.1 Å². The Balaban J connectivity index is 2.06. The second-order valence-electron chi connectivity index (χ2n) is 6.90. The summed E-state index contributed by atoms with van der Waals surface area (Å²) < 4.78 is 7.14. The molecule has 3 aromatic carbocycles. The molecule has 4 aromatic rings. The van der Waals surface area contributed by atoms with E-state index in [1.54, 1.807) is 0 Å². The van der Waals surface area contributed by atoms with Crippen molar-refractivity contribution in [3.8, 4) is 11.1 Å². The van der Waals surface area contributed by atoms with Crippen LogP contribution in [0, 0.1) is 0 Å². The summed E-state index contributed by atoms with van der Waals surface area (Å²) in [6.45, 7) is 4.52. The Labute approximate surface area is 153 Å². The fourth-order valence-electron chi connectivity index (χ4n) is 4.03. The van der Waals surface area contributed by atoms with Crippen molar-refractivity contribution in [2.75, 3.05) is 0 Å². The van der Waals surface area contributed by atoms with Crippen LogP contribution in [0.15, 0.2) is 57.4 Å². The van der Waals surface area contributed by atoms with Crippen molar-refractivity contribution in [2.45, 2.75) is 19.3 Å². The summed E-state index contributed by atoms with van der Waals surface area (Å²) in [7, 11) is 0. The summed E-state index contributed by atoms with van der Waals surface area (Å²) >= 11 is 10.0. The monoisotopic (exact) mass is 396 g/mol. The number of benzene rings is 3. The molecule has 0 N–H and O–H groups in total. The lowest BCUT2D eigenvalue weighted by molar-refractivity contribution is 0.655. The van der Waals surface area contributed by atoms with Crippen LogP contribution in [0.4, 0.5) is 0 Å². The molecule has 0 aliphatic heterocycles. The average molecular weight is 398 g/mol. The third kappa shape index (κ3) is 1.71. The van der Waals surface area contributed by atoms with Crippen molar-refractivity contribution in [1.29, 1.82) is 0 Å². The van der Waals surface area contributed by atoms with Crippen molar-refractivity contribution in [2.24, 2.45) is 0 Å². The molecule has 0 atom stereocenters. The third-order valence-electron chi connectivity index (χ3n) is 5.20. The standard InChI is InChI=1S/C21H14BrClO/c1-21(2)14-9-11(23)7-8-12(14)18-15(21)10-16(22)20-19(18)13-5-3-4-6-17(13)24-20/h3-10H,1-2H3. The minimum atomic E-state index is -0.0926. The van der Waals surface area contributed by atoms with E-state index in [1.165, 1.54) is 27.6 Å². The van der Waals surface area contributed by atoms with Crippen LogP contribution in [0.2, 0.25) is 5.02 Å². The van der Waals surface area contributed by atoms with Crippen LogP contribution in [0.5, 0.6) is 0 Å². The van der Waals surface area contributed by atoms with Crippen LogP contribution in [0.25, 0.3) is 33.1 Å². The number of hydrogen-bond donors (Lipinski definition) is 0. The fourth-order valence-corrected chi connectivity index (χ4v) is 4.71. The van der Waals surface area contributed by atoms with Gasteiger partial charge in [0, 0.05) is 21.2 Å². The summed E-state index contributed by atoms with van der Waals surface area (Å²) in [5, 5.41) is 3.12. The van der Waals surface area contributed by atoms with E-state index in [-0.39, 0.29) is 5.41 Å². The van der Waals surface area contributed by atoms with Crippen LogP contribution < -0.4 is 0 Å². The molecule has 1 heterocycles. The van der Waals surface area contributed by atoms with E-state index >= 15 is 0 Å². The molecule has 0 unspecified atom stereocenters. The molecule has 24 heavy (non-hydrogen) atoms. The first-order valence-electron chi connectivity index (χ1n) is 7.93. The third-order valence-corrected chi connectivity index (χ3v) is 6.02.